The fraction of sp³-hybridized carbons (Fsp3) is 0.308. The molecule has 6 nitrogen and oxygen atoms in total. The number of aryl methyl sites for hydroxylation is 1. The average molecular weight is 260 g/mol. The molecule has 2 heterocycles. The molecule has 0 radical (unpaired) electrons. The molecule has 0 bridgehead atoms. The van der Waals surface area contributed by atoms with Crippen molar-refractivity contribution in [2.45, 2.75) is 19.8 Å². The van der Waals surface area contributed by atoms with Crippen LogP contribution in [0.3, 0.4) is 0 Å². The number of pyridine rings is 1. The predicted molar refractivity (Wildman–Crippen MR) is 71.3 cm³/mol. The standard InChI is InChI=1S/C13H16N4O2/c1-3-4-10-7-11(17-16-10)15-13(18)9-5-6-12(19-2)14-8-9/h5-8H,3-4H2,1-2H3,(H2,15,16,17,18). The van der Waals surface area contributed by atoms with Crippen LogP contribution in [0.25, 0.3) is 0 Å². The second-order valence-electron chi connectivity index (χ2n) is 4.07. The number of aromatic nitrogens is 3. The van der Waals surface area contributed by atoms with Crippen molar-refractivity contribution >= 4 is 11.7 Å². The fourth-order valence-electron chi connectivity index (χ4n) is 1.65. The van der Waals surface area contributed by atoms with Crippen molar-refractivity contribution in [2.75, 3.05) is 12.4 Å². The van der Waals surface area contributed by atoms with E-state index in [4.69, 9.17) is 4.74 Å². The number of rotatable bonds is 5. The van der Waals surface area contributed by atoms with Crippen LogP contribution in [0.2, 0.25) is 0 Å². The zero-order valence-corrected chi connectivity index (χ0v) is 10.9. The van der Waals surface area contributed by atoms with Gasteiger partial charge in [0.05, 0.1) is 12.7 Å². The van der Waals surface area contributed by atoms with E-state index in [1.165, 1.54) is 13.3 Å². The van der Waals surface area contributed by atoms with E-state index in [-0.39, 0.29) is 5.91 Å². The van der Waals surface area contributed by atoms with Crippen LogP contribution in [-0.4, -0.2) is 28.2 Å². The van der Waals surface area contributed by atoms with Crippen LogP contribution in [0.5, 0.6) is 5.88 Å². The van der Waals surface area contributed by atoms with E-state index in [2.05, 4.69) is 27.4 Å². The third kappa shape index (κ3) is 3.31. The summed E-state index contributed by atoms with van der Waals surface area (Å²) >= 11 is 0. The lowest BCUT2D eigenvalue weighted by Gasteiger charge is -2.02. The van der Waals surface area contributed by atoms with Crippen LogP contribution < -0.4 is 10.1 Å². The van der Waals surface area contributed by atoms with Crippen molar-refractivity contribution in [3.05, 3.63) is 35.7 Å². The summed E-state index contributed by atoms with van der Waals surface area (Å²) in [5, 5.41) is 9.63. The predicted octanol–water partition coefficient (Wildman–Crippen LogP) is 2.02. The molecule has 0 fully saturated rings. The van der Waals surface area contributed by atoms with Crippen molar-refractivity contribution in [1.82, 2.24) is 15.2 Å². The van der Waals surface area contributed by atoms with Gasteiger partial charge in [0.25, 0.3) is 5.91 Å². The fourth-order valence-corrected chi connectivity index (χ4v) is 1.65. The number of nitrogens with zero attached hydrogens (tertiary/aromatic N) is 2. The SMILES string of the molecule is CCCc1cc(NC(=O)c2ccc(OC)nc2)n[nH]1. The van der Waals surface area contributed by atoms with Gasteiger partial charge in [-0.25, -0.2) is 4.98 Å². The van der Waals surface area contributed by atoms with Gasteiger partial charge in [-0.15, -0.1) is 0 Å². The summed E-state index contributed by atoms with van der Waals surface area (Å²) in [5.74, 6) is 0.746. The van der Waals surface area contributed by atoms with E-state index in [0.29, 0.717) is 17.3 Å². The van der Waals surface area contributed by atoms with Gasteiger partial charge in [-0.1, -0.05) is 13.3 Å². The van der Waals surface area contributed by atoms with Crippen molar-refractivity contribution in [3.63, 3.8) is 0 Å². The number of hydrogen-bond donors (Lipinski definition) is 2. The smallest absolute Gasteiger partial charge is 0.258 e. The van der Waals surface area contributed by atoms with E-state index >= 15 is 0 Å². The van der Waals surface area contributed by atoms with E-state index in [9.17, 15) is 4.79 Å². The second-order valence-corrected chi connectivity index (χ2v) is 4.07. The highest BCUT2D eigenvalue weighted by Crippen LogP contribution is 2.11. The van der Waals surface area contributed by atoms with Crippen LogP contribution >= 0.6 is 0 Å². The average Bonchev–Trinajstić information content (AvgIpc) is 2.86. The van der Waals surface area contributed by atoms with E-state index < -0.39 is 0 Å². The Morgan fingerprint density at radius 2 is 2.32 bits per heavy atom. The Morgan fingerprint density at radius 3 is 2.95 bits per heavy atom. The molecule has 2 rings (SSSR count). The summed E-state index contributed by atoms with van der Waals surface area (Å²) in [5.41, 5.74) is 1.46. The van der Waals surface area contributed by atoms with Gasteiger partial charge in [-0.3, -0.25) is 9.89 Å². The van der Waals surface area contributed by atoms with Gasteiger partial charge in [-0.05, 0) is 12.5 Å². The molecular formula is C13H16N4O2. The van der Waals surface area contributed by atoms with Crippen molar-refractivity contribution in [1.29, 1.82) is 0 Å². The van der Waals surface area contributed by atoms with Gasteiger partial charge in [-0.2, -0.15) is 5.10 Å². The molecular weight excluding hydrogens is 244 g/mol. The maximum Gasteiger partial charge on any atom is 0.258 e. The van der Waals surface area contributed by atoms with Crippen LogP contribution in [0.15, 0.2) is 24.4 Å². The monoisotopic (exact) mass is 260 g/mol. The van der Waals surface area contributed by atoms with Crippen molar-refractivity contribution in [2.24, 2.45) is 0 Å². The zero-order chi connectivity index (χ0) is 13.7. The summed E-state index contributed by atoms with van der Waals surface area (Å²) < 4.78 is 4.94. The molecule has 0 saturated heterocycles. The Morgan fingerprint density at radius 1 is 1.47 bits per heavy atom. The van der Waals surface area contributed by atoms with Gasteiger partial charge in [0.2, 0.25) is 5.88 Å². The molecule has 6 heteroatoms. The summed E-state index contributed by atoms with van der Waals surface area (Å²) in [6.45, 7) is 2.09. The molecule has 100 valence electrons. The third-order valence-electron chi connectivity index (χ3n) is 2.60. The summed E-state index contributed by atoms with van der Waals surface area (Å²) in [6, 6.07) is 5.13. The number of anilines is 1. The van der Waals surface area contributed by atoms with Crippen LogP contribution in [0.4, 0.5) is 5.82 Å². The molecule has 0 unspecified atom stereocenters. The Hall–Kier alpha value is -2.37. The minimum atomic E-state index is -0.246. The van der Waals surface area contributed by atoms with Gasteiger partial charge in [0.15, 0.2) is 5.82 Å². The molecule has 0 aliphatic heterocycles. The molecule has 19 heavy (non-hydrogen) atoms. The number of aromatic amines is 1. The Labute approximate surface area is 111 Å². The number of hydrogen-bond acceptors (Lipinski definition) is 4. The first-order valence-electron chi connectivity index (χ1n) is 6.08. The molecule has 2 aromatic rings. The lowest BCUT2D eigenvalue weighted by atomic mass is 10.2. The quantitative estimate of drug-likeness (QED) is 0.861. The number of carbonyl (C=O) groups excluding carboxylic acids is 1. The highest BCUT2D eigenvalue weighted by molar-refractivity contribution is 6.03. The lowest BCUT2D eigenvalue weighted by Crippen LogP contribution is -2.12. The molecule has 0 aliphatic carbocycles. The van der Waals surface area contributed by atoms with Gasteiger partial charge < -0.3 is 10.1 Å². The third-order valence-corrected chi connectivity index (χ3v) is 2.60. The first-order valence-corrected chi connectivity index (χ1v) is 6.08. The molecule has 0 atom stereocenters. The molecule has 2 aromatic heterocycles. The number of methoxy groups -OCH3 is 1. The molecule has 0 aromatic carbocycles. The highest BCUT2D eigenvalue weighted by Gasteiger charge is 2.09. The molecule has 0 saturated carbocycles. The van der Waals surface area contributed by atoms with Crippen LogP contribution in [0.1, 0.15) is 29.4 Å². The second kappa shape index (κ2) is 5.99. The normalized spacial score (nSPS) is 10.2. The number of nitrogens with one attached hydrogen (secondary N) is 2. The Balaban J connectivity index is 2.02. The number of amides is 1. The van der Waals surface area contributed by atoms with E-state index in [1.807, 2.05) is 6.07 Å². The molecule has 2 N–H and O–H groups in total. The topological polar surface area (TPSA) is 79.9 Å². The van der Waals surface area contributed by atoms with Crippen molar-refractivity contribution < 1.29 is 9.53 Å². The number of carbonyl (C=O) groups is 1. The van der Waals surface area contributed by atoms with Gasteiger partial charge in [0.1, 0.15) is 0 Å². The minimum absolute atomic E-state index is 0.246. The highest BCUT2D eigenvalue weighted by atomic mass is 16.5. The van der Waals surface area contributed by atoms with Gasteiger partial charge >= 0.3 is 0 Å². The molecule has 1 amide bonds. The lowest BCUT2D eigenvalue weighted by molar-refractivity contribution is 0.102. The van der Waals surface area contributed by atoms with E-state index in [1.54, 1.807) is 12.1 Å². The van der Waals surface area contributed by atoms with Crippen molar-refractivity contribution in [3.8, 4) is 5.88 Å². The summed E-state index contributed by atoms with van der Waals surface area (Å²) in [4.78, 5) is 15.9. The molecule has 0 aliphatic rings. The van der Waals surface area contributed by atoms with Crippen LogP contribution in [-0.2, 0) is 6.42 Å². The summed E-state index contributed by atoms with van der Waals surface area (Å²) in [6.07, 6.45) is 3.40. The van der Waals surface area contributed by atoms with Gasteiger partial charge in [0, 0.05) is 24.0 Å². The maximum atomic E-state index is 11.9. The molecule has 0 spiro atoms. The Bertz CT molecular complexity index is 548. The van der Waals surface area contributed by atoms with E-state index in [0.717, 1.165) is 18.5 Å². The largest absolute Gasteiger partial charge is 0.481 e. The first-order chi connectivity index (χ1) is 9.22. The number of H-pyrrole nitrogens is 1. The first kappa shape index (κ1) is 13.1. The minimum Gasteiger partial charge on any atom is -0.481 e. The Kier molecular flexibility index (Phi) is 4.12. The maximum absolute atomic E-state index is 11.9. The zero-order valence-electron chi connectivity index (χ0n) is 10.9. The summed E-state index contributed by atoms with van der Waals surface area (Å²) in [7, 11) is 1.53. The van der Waals surface area contributed by atoms with Crippen LogP contribution in [0, 0.1) is 0 Å². The number of ether oxygens (including phenoxy) is 1.